The van der Waals surface area contributed by atoms with Gasteiger partial charge >= 0.3 is 0 Å². The molecule has 3 aromatic heterocycles. The van der Waals surface area contributed by atoms with Crippen molar-refractivity contribution in [2.75, 3.05) is 11.1 Å². The van der Waals surface area contributed by atoms with E-state index in [1.807, 2.05) is 18.2 Å². The van der Waals surface area contributed by atoms with Gasteiger partial charge in [0.1, 0.15) is 29.4 Å². The Bertz CT molecular complexity index is 1060. The largest absolute Gasteiger partial charge is 0.384 e. The van der Waals surface area contributed by atoms with E-state index in [-0.39, 0.29) is 5.78 Å². The van der Waals surface area contributed by atoms with E-state index >= 15 is 0 Å². The number of fused-ring (bicyclic) bond motifs is 1. The molecular formula is C18H14N6O. The Morgan fingerprint density at radius 3 is 2.68 bits per heavy atom. The van der Waals surface area contributed by atoms with Crippen LogP contribution in [0.4, 0.5) is 17.5 Å². The van der Waals surface area contributed by atoms with Crippen LogP contribution in [0.2, 0.25) is 0 Å². The number of hydrogen-bond donors (Lipinski definition) is 3. The molecule has 0 saturated carbocycles. The second kappa shape index (κ2) is 6.04. The predicted octanol–water partition coefficient (Wildman–Crippen LogP) is 2.91. The first-order valence-corrected chi connectivity index (χ1v) is 7.64. The third kappa shape index (κ3) is 2.78. The highest BCUT2D eigenvalue weighted by Crippen LogP contribution is 2.27. The Labute approximate surface area is 143 Å². The molecule has 0 radical (unpaired) electrons. The van der Waals surface area contributed by atoms with Gasteiger partial charge in [-0.25, -0.2) is 15.0 Å². The summed E-state index contributed by atoms with van der Waals surface area (Å²) in [4.78, 5) is 28.5. The van der Waals surface area contributed by atoms with Crippen LogP contribution in [-0.2, 0) is 0 Å². The second-order valence-corrected chi connectivity index (χ2v) is 5.42. The van der Waals surface area contributed by atoms with E-state index < -0.39 is 0 Å². The van der Waals surface area contributed by atoms with Gasteiger partial charge in [-0.15, -0.1) is 0 Å². The smallest absolute Gasteiger partial charge is 0.195 e. The van der Waals surface area contributed by atoms with Crippen LogP contribution in [-0.4, -0.2) is 25.7 Å². The molecule has 0 fully saturated rings. The number of nitrogens with two attached hydrogens (primary N) is 1. The van der Waals surface area contributed by atoms with Crippen molar-refractivity contribution >= 4 is 34.3 Å². The maximum atomic E-state index is 12.8. The molecule has 0 bridgehead atoms. The first kappa shape index (κ1) is 14.8. The Balaban J connectivity index is 1.81. The SMILES string of the molecule is Nc1cccc(Nc2ncnc3[nH]cc(C(=O)c4ccccc4)c23)n1. The maximum absolute atomic E-state index is 12.8. The molecule has 0 unspecified atom stereocenters. The van der Waals surface area contributed by atoms with Crippen molar-refractivity contribution < 1.29 is 4.79 Å². The zero-order valence-electron chi connectivity index (χ0n) is 13.1. The van der Waals surface area contributed by atoms with E-state index in [1.54, 1.807) is 36.5 Å². The molecule has 0 amide bonds. The quantitative estimate of drug-likeness (QED) is 0.496. The lowest BCUT2D eigenvalue weighted by atomic mass is 10.0. The second-order valence-electron chi connectivity index (χ2n) is 5.42. The molecule has 4 rings (SSSR count). The van der Waals surface area contributed by atoms with Gasteiger partial charge in [-0.3, -0.25) is 4.79 Å². The van der Waals surface area contributed by atoms with Crippen molar-refractivity contribution in [3.63, 3.8) is 0 Å². The lowest BCUT2D eigenvalue weighted by Crippen LogP contribution is -2.03. The minimum absolute atomic E-state index is 0.106. The van der Waals surface area contributed by atoms with Gasteiger partial charge in [-0.2, -0.15) is 0 Å². The van der Waals surface area contributed by atoms with Gasteiger partial charge in [0.2, 0.25) is 0 Å². The first-order chi connectivity index (χ1) is 12.2. The molecule has 7 heteroatoms. The van der Waals surface area contributed by atoms with E-state index in [4.69, 9.17) is 5.73 Å². The summed E-state index contributed by atoms with van der Waals surface area (Å²) in [7, 11) is 0. The van der Waals surface area contributed by atoms with Crippen molar-refractivity contribution in [3.05, 3.63) is 72.2 Å². The zero-order valence-corrected chi connectivity index (χ0v) is 13.1. The third-order valence-electron chi connectivity index (χ3n) is 3.77. The number of anilines is 3. The number of pyridine rings is 1. The van der Waals surface area contributed by atoms with Crippen LogP contribution >= 0.6 is 0 Å². The van der Waals surface area contributed by atoms with Gasteiger partial charge in [0.05, 0.1) is 10.9 Å². The number of nitrogen functional groups attached to an aromatic ring is 1. The Morgan fingerprint density at radius 2 is 1.88 bits per heavy atom. The zero-order chi connectivity index (χ0) is 17.2. The maximum Gasteiger partial charge on any atom is 0.195 e. The molecule has 25 heavy (non-hydrogen) atoms. The molecule has 0 aliphatic rings. The summed E-state index contributed by atoms with van der Waals surface area (Å²) in [5.41, 5.74) is 7.38. The van der Waals surface area contributed by atoms with Crippen LogP contribution in [0.5, 0.6) is 0 Å². The van der Waals surface area contributed by atoms with E-state index in [2.05, 4.69) is 25.3 Å². The van der Waals surface area contributed by atoms with Crippen LogP contribution < -0.4 is 11.1 Å². The summed E-state index contributed by atoms with van der Waals surface area (Å²) in [6.07, 6.45) is 3.07. The third-order valence-corrected chi connectivity index (χ3v) is 3.77. The molecule has 0 aliphatic carbocycles. The average molecular weight is 330 g/mol. The molecule has 1 aromatic carbocycles. The average Bonchev–Trinajstić information content (AvgIpc) is 3.07. The summed E-state index contributed by atoms with van der Waals surface area (Å²) < 4.78 is 0. The molecule has 122 valence electrons. The number of hydrogen-bond acceptors (Lipinski definition) is 6. The number of nitrogens with one attached hydrogen (secondary N) is 2. The number of rotatable bonds is 4. The summed E-state index contributed by atoms with van der Waals surface area (Å²) >= 11 is 0. The fourth-order valence-corrected chi connectivity index (χ4v) is 2.62. The molecule has 4 aromatic rings. The van der Waals surface area contributed by atoms with Crippen molar-refractivity contribution in [3.8, 4) is 0 Å². The molecule has 0 spiro atoms. The number of aromatic amines is 1. The van der Waals surface area contributed by atoms with Gasteiger partial charge < -0.3 is 16.0 Å². The summed E-state index contributed by atoms with van der Waals surface area (Å²) in [6.45, 7) is 0. The van der Waals surface area contributed by atoms with Crippen LogP contribution in [0.3, 0.4) is 0 Å². The fourth-order valence-electron chi connectivity index (χ4n) is 2.62. The van der Waals surface area contributed by atoms with E-state index in [0.717, 1.165) is 0 Å². The fraction of sp³-hybridized carbons (Fsp3) is 0. The van der Waals surface area contributed by atoms with Gasteiger partial charge in [-0.05, 0) is 12.1 Å². The van der Waals surface area contributed by atoms with Crippen LogP contribution in [0, 0.1) is 0 Å². The highest BCUT2D eigenvalue weighted by molar-refractivity contribution is 6.18. The molecule has 3 heterocycles. The van der Waals surface area contributed by atoms with Gasteiger partial charge in [0, 0.05) is 11.8 Å². The number of carbonyl (C=O) groups excluding carboxylic acids is 1. The monoisotopic (exact) mass is 330 g/mol. The summed E-state index contributed by atoms with van der Waals surface area (Å²) in [6, 6.07) is 14.3. The molecule has 0 saturated heterocycles. The van der Waals surface area contributed by atoms with Crippen LogP contribution in [0.1, 0.15) is 15.9 Å². The lowest BCUT2D eigenvalue weighted by Gasteiger charge is -2.07. The first-order valence-electron chi connectivity index (χ1n) is 7.64. The highest BCUT2D eigenvalue weighted by atomic mass is 16.1. The van der Waals surface area contributed by atoms with E-state index in [9.17, 15) is 4.79 Å². The van der Waals surface area contributed by atoms with E-state index in [1.165, 1.54) is 6.33 Å². The molecule has 7 nitrogen and oxygen atoms in total. The minimum Gasteiger partial charge on any atom is -0.384 e. The molecule has 0 atom stereocenters. The predicted molar refractivity (Wildman–Crippen MR) is 95.7 cm³/mol. The number of ketones is 1. The summed E-state index contributed by atoms with van der Waals surface area (Å²) in [5.74, 6) is 1.32. The number of nitrogens with zero attached hydrogens (tertiary/aromatic N) is 3. The van der Waals surface area contributed by atoms with Crippen molar-refractivity contribution in [2.45, 2.75) is 0 Å². The van der Waals surface area contributed by atoms with Gasteiger partial charge in [0.25, 0.3) is 0 Å². The topological polar surface area (TPSA) is 110 Å². The number of benzene rings is 1. The van der Waals surface area contributed by atoms with E-state index in [0.29, 0.717) is 39.6 Å². The van der Waals surface area contributed by atoms with Gasteiger partial charge in [-0.1, -0.05) is 36.4 Å². The van der Waals surface area contributed by atoms with Crippen molar-refractivity contribution in [2.24, 2.45) is 0 Å². The molecular weight excluding hydrogens is 316 g/mol. The summed E-state index contributed by atoms with van der Waals surface area (Å²) in [5, 5.41) is 3.72. The van der Waals surface area contributed by atoms with Crippen LogP contribution in [0.15, 0.2) is 61.1 Å². The van der Waals surface area contributed by atoms with Crippen molar-refractivity contribution in [1.29, 1.82) is 0 Å². The number of aromatic nitrogens is 4. The highest BCUT2D eigenvalue weighted by Gasteiger charge is 2.18. The number of carbonyl (C=O) groups is 1. The standard InChI is InChI=1S/C18H14N6O/c19-13-7-4-8-14(23-13)24-18-15-12(9-20-17(15)21-10-22-18)16(25)11-5-2-1-3-6-11/h1-10H,(H4,19,20,21,22,23,24). The van der Waals surface area contributed by atoms with Crippen LogP contribution in [0.25, 0.3) is 11.0 Å². The minimum atomic E-state index is -0.106. The normalized spacial score (nSPS) is 10.7. The van der Waals surface area contributed by atoms with Gasteiger partial charge in [0.15, 0.2) is 5.78 Å². The number of H-pyrrole nitrogens is 1. The lowest BCUT2D eigenvalue weighted by molar-refractivity contribution is 0.104. The van der Waals surface area contributed by atoms with Crippen molar-refractivity contribution in [1.82, 2.24) is 19.9 Å². The molecule has 4 N–H and O–H groups in total. The Hall–Kier alpha value is -3.74. The Morgan fingerprint density at radius 1 is 1.04 bits per heavy atom. The molecule has 0 aliphatic heterocycles. The Kier molecular flexibility index (Phi) is 3.59.